The zero-order valence-electron chi connectivity index (χ0n) is 29.9. The minimum absolute atomic E-state index is 0.0499. The minimum Gasteiger partial charge on any atom is -0.256 e. The van der Waals surface area contributed by atoms with Gasteiger partial charge in [-0.05, 0) is 87.7 Å². The molecule has 5 heteroatoms. The Bertz CT molecular complexity index is 2170. The van der Waals surface area contributed by atoms with Crippen LogP contribution in [0.1, 0.15) is 52.7 Å². The van der Waals surface area contributed by atoms with Crippen LogP contribution >= 0.6 is 11.6 Å². The highest BCUT2D eigenvalue weighted by molar-refractivity contribution is 6.31. The lowest BCUT2D eigenvalue weighted by Crippen LogP contribution is -2.11. The molecule has 3 aromatic carbocycles. The lowest BCUT2D eigenvalue weighted by molar-refractivity contribution is 0.589. The summed E-state index contributed by atoms with van der Waals surface area (Å²) in [6, 6.07) is 39.8. The van der Waals surface area contributed by atoms with Crippen molar-refractivity contribution in [3.63, 3.8) is 0 Å². The summed E-state index contributed by atoms with van der Waals surface area (Å²) in [6.07, 6.45) is 7.46. The first kappa shape index (κ1) is 34.0. The molecule has 0 saturated carbocycles. The van der Waals surface area contributed by atoms with Gasteiger partial charge in [-0.25, -0.2) is 0 Å². The molecule has 0 unspecified atom stereocenters. The highest BCUT2D eigenvalue weighted by atomic mass is 35.5. The molecule has 4 heterocycles. The van der Waals surface area contributed by atoms with Crippen molar-refractivity contribution in [1.82, 2.24) is 19.9 Å². The van der Waals surface area contributed by atoms with E-state index < -0.39 is 0 Å². The zero-order chi connectivity index (χ0) is 35.8. The van der Waals surface area contributed by atoms with E-state index in [-0.39, 0.29) is 10.8 Å². The Morgan fingerprint density at radius 2 is 0.784 bits per heavy atom. The van der Waals surface area contributed by atoms with Gasteiger partial charge in [0, 0.05) is 63.2 Å². The van der Waals surface area contributed by atoms with Gasteiger partial charge in [0.2, 0.25) is 0 Å². The van der Waals surface area contributed by atoms with E-state index in [1.807, 2.05) is 49.1 Å². The summed E-state index contributed by atoms with van der Waals surface area (Å²) in [4.78, 5) is 19.0. The van der Waals surface area contributed by atoms with E-state index in [0.29, 0.717) is 5.02 Å². The summed E-state index contributed by atoms with van der Waals surface area (Å²) in [6.45, 7) is 13.3. The van der Waals surface area contributed by atoms with Crippen molar-refractivity contribution in [2.75, 3.05) is 0 Å². The van der Waals surface area contributed by atoms with Crippen LogP contribution in [0.25, 0.3) is 67.3 Å². The van der Waals surface area contributed by atoms with E-state index in [1.54, 1.807) is 0 Å². The normalized spacial score (nSPS) is 11.8. The second kappa shape index (κ2) is 13.7. The van der Waals surface area contributed by atoms with Crippen LogP contribution in [0.2, 0.25) is 5.02 Å². The standard InChI is InChI=1S/C46H41ClN4/c1-45(2,3)36-19-23-48-41(28-36)30-11-15-32(16-12-30)43-39(9-7-21-50-43)34-25-35(27-38(47)26-34)40-10-8-22-51-44(40)33-17-13-31(14-18-33)42-29-37(20-24-49-42)46(4,5)6/h7-29H,1-6H3. The average Bonchev–Trinajstić information content (AvgIpc) is 3.14. The molecule has 0 fully saturated rings. The maximum Gasteiger partial charge on any atom is 0.0780 e. The molecule has 51 heavy (non-hydrogen) atoms. The Kier molecular flexibility index (Phi) is 9.13. The van der Waals surface area contributed by atoms with Crippen LogP contribution in [0.5, 0.6) is 0 Å². The van der Waals surface area contributed by atoms with Gasteiger partial charge in [-0.1, -0.05) is 114 Å². The summed E-state index contributed by atoms with van der Waals surface area (Å²) < 4.78 is 0. The number of halogens is 1. The molecule has 0 spiro atoms. The fourth-order valence-corrected chi connectivity index (χ4v) is 6.58. The Hall–Kier alpha value is -5.45. The smallest absolute Gasteiger partial charge is 0.0780 e. The predicted octanol–water partition coefficient (Wildman–Crippen LogP) is 12.5. The molecule has 4 nitrogen and oxygen atoms in total. The molecule has 0 bridgehead atoms. The number of nitrogens with zero attached hydrogens (tertiary/aromatic N) is 4. The third-order valence-corrected chi connectivity index (χ3v) is 9.51. The van der Waals surface area contributed by atoms with Crippen molar-refractivity contribution in [3.8, 4) is 67.3 Å². The molecule has 0 radical (unpaired) electrons. The molecular formula is C46H41ClN4. The molecule has 7 aromatic rings. The van der Waals surface area contributed by atoms with Gasteiger partial charge in [0.1, 0.15) is 0 Å². The van der Waals surface area contributed by atoms with Gasteiger partial charge < -0.3 is 0 Å². The van der Waals surface area contributed by atoms with Gasteiger partial charge >= 0.3 is 0 Å². The van der Waals surface area contributed by atoms with Crippen LogP contribution in [0.4, 0.5) is 0 Å². The van der Waals surface area contributed by atoms with Gasteiger partial charge in [-0.15, -0.1) is 0 Å². The van der Waals surface area contributed by atoms with Crippen molar-refractivity contribution in [2.24, 2.45) is 0 Å². The first-order valence-corrected chi connectivity index (χ1v) is 17.7. The van der Waals surface area contributed by atoms with Gasteiger partial charge in [0.05, 0.1) is 22.8 Å². The van der Waals surface area contributed by atoms with E-state index in [4.69, 9.17) is 21.6 Å². The average molecular weight is 685 g/mol. The maximum atomic E-state index is 6.86. The van der Waals surface area contributed by atoms with Crippen LogP contribution in [0, 0.1) is 0 Å². The number of hydrogen-bond donors (Lipinski definition) is 0. The summed E-state index contributed by atoms with van der Waals surface area (Å²) in [5, 5.41) is 0.646. The Labute approximate surface area is 306 Å². The van der Waals surface area contributed by atoms with Crippen LogP contribution in [-0.2, 0) is 10.8 Å². The third kappa shape index (κ3) is 7.38. The summed E-state index contributed by atoms with van der Waals surface area (Å²) >= 11 is 6.86. The van der Waals surface area contributed by atoms with Crippen LogP contribution in [-0.4, -0.2) is 19.9 Å². The topological polar surface area (TPSA) is 51.6 Å². The zero-order valence-corrected chi connectivity index (χ0v) is 30.7. The van der Waals surface area contributed by atoms with E-state index in [2.05, 4.69) is 143 Å². The number of rotatable bonds is 6. The first-order valence-electron chi connectivity index (χ1n) is 17.3. The van der Waals surface area contributed by atoms with Crippen LogP contribution in [0.3, 0.4) is 0 Å². The van der Waals surface area contributed by atoms with Crippen LogP contribution in [0.15, 0.2) is 140 Å². The second-order valence-electron chi connectivity index (χ2n) is 15.0. The molecule has 252 valence electrons. The molecule has 0 saturated heterocycles. The molecule has 4 aromatic heterocycles. The highest BCUT2D eigenvalue weighted by Gasteiger charge is 2.18. The molecule has 0 atom stereocenters. The Morgan fingerprint density at radius 3 is 1.18 bits per heavy atom. The van der Waals surface area contributed by atoms with Crippen molar-refractivity contribution < 1.29 is 0 Å². The van der Waals surface area contributed by atoms with Gasteiger partial charge in [0.25, 0.3) is 0 Å². The summed E-state index contributed by atoms with van der Waals surface area (Å²) in [7, 11) is 0. The number of aromatic nitrogens is 4. The molecule has 0 N–H and O–H groups in total. The largest absolute Gasteiger partial charge is 0.256 e. The third-order valence-electron chi connectivity index (χ3n) is 9.30. The monoisotopic (exact) mass is 684 g/mol. The Balaban J connectivity index is 1.22. The first-order chi connectivity index (χ1) is 24.4. The van der Waals surface area contributed by atoms with Crippen molar-refractivity contribution in [2.45, 2.75) is 52.4 Å². The summed E-state index contributed by atoms with van der Waals surface area (Å²) in [5.41, 5.74) is 14.5. The van der Waals surface area contributed by atoms with Crippen molar-refractivity contribution >= 4 is 11.6 Å². The number of hydrogen-bond acceptors (Lipinski definition) is 4. The molecule has 0 amide bonds. The lowest BCUT2D eigenvalue weighted by Gasteiger charge is -2.19. The van der Waals surface area contributed by atoms with E-state index in [0.717, 1.165) is 67.3 Å². The van der Waals surface area contributed by atoms with E-state index in [9.17, 15) is 0 Å². The minimum atomic E-state index is 0.0499. The second-order valence-corrected chi connectivity index (χ2v) is 15.5. The molecule has 0 aliphatic carbocycles. The van der Waals surface area contributed by atoms with Gasteiger partial charge in [-0.3, -0.25) is 19.9 Å². The van der Waals surface area contributed by atoms with E-state index in [1.165, 1.54) is 11.1 Å². The molecule has 7 rings (SSSR count). The predicted molar refractivity (Wildman–Crippen MR) is 213 cm³/mol. The van der Waals surface area contributed by atoms with Crippen LogP contribution < -0.4 is 0 Å². The summed E-state index contributed by atoms with van der Waals surface area (Å²) in [5.74, 6) is 0. The quantitative estimate of drug-likeness (QED) is 0.175. The maximum absolute atomic E-state index is 6.86. The van der Waals surface area contributed by atoms with Crippen molar-refractivity contribution in [1.29, 1.82) is 0 Å². The fraction of sp³-hybridized carbons (Fsp3) is 0.174. The fourth-order valence-electron chi connectivity index (χ4n) is 6.34. The van der Waals surface area contributed by atoms with Crippen molar-refractivity contribution in [3.05, 3.63) is 156 Å². The molecular weight excluding hydrogens is 644 g/mol. The van der Waals surface area contributed by atoms with Gasteiger partial charge in [-0.2, -0.15) is 0 Å². The lowest BCUT2D eigenvalue weighted by atomic mass is 9.87. The number of pyridine rings is 4. The SMILES string of the molecule is CC(C)(C)c1ccnc(-c2ccc(-c3ncccc3-c3cc(Cl)cc(-c4cccnc4-c4ccc(-c5cc(C(C)(C)C)ccn5)cc4)c3)cc2)c1. The number of benzene rings is 3. The van der Waals surface area contributed by atoms with Gasteiger partial charge in [0.15, 0.2) is 0 Å². The molecule has 0 aliphatic heterocycles. The highest BCUT2D eigenvalue weighted by Crippen LogP contribution is 2.39. The van der Waals surface area contributed by atoms with E-state index >= 15 is 0 Å². The Morgan fingerprint density at radius 1 is 0.392 bits per heavy atom. The molecule has 0 aliphatic rings.